The van der Waals surface area contributed by atoms with Gasteiger partial charge in [0.1, 0.15) is 18.3 Å². The van der Waals surface area contributed by atoms with Gasteiger partial charge in [-0.1, -0.05) is 0 Å². The average molecular weight is 296 g/mol. The molecule has 0 aromatic carbocycles. The number of rotatable bonds is 2. The minimum atomic E-state index is -1.25. The minimum Gasteiger partial charge on any atom is -0.394 e. The Balaban J connectivity index is 2.16. The molecule has 3 rings (SSSR count). The Bertz CT molecular complexity index is 739. The number of hydrogen-bond acceptors (Lipinski definition) is 7. The molecule has 1 aliphatic heterocycles. The van der Waals surface area contributed by atoms with Crippen LogP contribution in [-0.4, -0.2) is 54.8 Å². The van der Waals surface area contributed by atoms with E-state index in [-0.39, 0.29) is 17.2 Å². The normalized spacial score (nSPS) is 29.3. The Hall–Kier alpha value is -1.94. The van der Waals surface area contributed by atoms with E-state index in [1.54, 1.807) is 13.1 Å². The molecule has 114 valence electrons. The van der Waals surface area contributed by atoms with E-state index in [9.17, 15) is 15.0 Å². The lowest BCUT2D eigenvalue weighted by atomic mass is 10.1. The Morgan fingerprint density at radius 1 is 1.48 bits per heavy atom. The van der Waals surface area contributed by atoms with Crippen LogP contribution in [0.3, 0.4) is 0 Å². The number of aliphatic hydroxyl groups excluding tert-OH is 3. The van der Waals surface area contributed by atoms with Crippen LogP contribution in [0.2, 0.25) is 0 Å². The molecule has 0 spiro atoms. The summed E-state index contributed by atoms with van der Waals surface area (Å²) >= 11 is 0. The van der Waals surface area contributed by atoms with Crippen LogP contribution < -0.4 is 11.3 Å². The number of ether oxygens (including phenoxy) is 1. The SMILES string of the molecule is Cc1cn(C2O[C@H](CO)[C@@H](O)[C@@H]2O)c2nc(N)[nH]c(=O)c12. The maximum atomic E-state index is 11.9. The number of nitrogens with one attached hydrogen (secondary N) is 1. The summed E-state index contributed by atoms with van der Waals surface area (Å²) in [5, 5.41) is 29.3. The van der Waals surface area contributed by atoms with E-state index < -0.39 is 31.1 Å². The van der Waals surface area contributed by atoms with Crippen LogP contribution in [0.15, 0.2) is 11.0 Å². The number of anilines is 1. The van der Waals surface area contributed by atoms with E-state index in [4.69, 9.17) is 15.6 Å². The average Bonchev–Trinajstić information content (AvgIpc) is 2.89. The third-order valence-electron chi connectivity index (χ3n) is 3.68. The molecule has 0 saturated carbocycles. The summed E-state index contributed by atoms with van der Waals surface area (Å²) in [6.07, 6.45) is -2.74. The van der Waals surface area contributed by atoms with Gasteiger partial charge >= 0.3 is 0 Å². The maximum absolute atomic E-state index is 11.9. The van der Waals surface area contributed by atoms with E-state index in [1.807, 2.05) is 0 Å². The Morgan fingerprint density at radius 2 is 2.19 bits per heavy atom. The van der Waals surface area contributed by atoms with E-state index in [2.05, 4.69) is 9.97 Å². The van der Waals surface area contributed by atoms with Gasteiger partial charge in [0.15, 0.2) is 11.9 Å². The molecule has 0 radical (unpaired) electrons. The summed E-state index contributed by atoms with van der Waals surface area (Å²) in [5.74, 6) is -0.0569. The van der Waals surface area contributed by atoms with Crippen LogP contribution in [0.5, 0.6) is 0 Å². The topological polar surface area (TPSA) is 147 Å². The monoisotopic (exact) mass is 296 g/mol. The molecule has 3 heterocycles. The van der Waals surface area contributed by atoms with Crippen molar-refractivity contribution in [2.24, 2.45) is 0 Å². The van der Waals surface area contributed by atoms with Crippen molar-refractivity contribution in [2.45, 2.75) is 31.5 Å². The van der Waals surface area contributed by atoms with E-state index in [0.29, 0.717) is 10.9 Å². The van der Waals surface area contributed by atoms with Crippen LogP contribution in [0.25, 0.3) is 11.0 Å². The second kappa shape index (κ2) is 4.81. The minimum absolute atomic E-state index is 0.0569. The van der Waals surface area contributed by atoms with Crippen LogP contribution in [0.1, 0.15) is 11.8 Å². The van der Waals surface area contributed by atoms with Crippen LogP contribution in [-0.2, 0) is 4.74 Å². The van der Waals surface area contributed by atoms with Gasteiger partial charge in [-0.15, -0.1) is 0 Å². The number of nitrogens with zero attached hydrogens (tertiary/aromatic N) is 2. The molecule has 9 heteroatoms. The van der Waals surface area contributed by atoms with Crippen molar-refractivity contribution in [3.05, 3.63) is 22.1 Å². The summed E-state index contributed by atoms with van der Waals surface area (Å²) in [7, 11) is 0. The largest absolute Gasteiger partial charge is 0.394 e. The predicted octanol–water partition coefficient (Wildman–Crippen LogP) is -1.77. The molecule has 4 atom stereocenters. The molecule has 2 aromatic heterocycles. The van der Waals surface area contributed by atoms with Crippen molar-refractivity contribution in [1.82, 2.24) is 14.5 Å². The molecule has 21 heavy (non-hydrogen) atoms. The van der Waals surface area contributed by atoms with E-state index >= 15 is 0 Å². The van der Waals surface area contributed by atoms with Gasteiger partial charge in [-0.3, -0.25) is 9.78 Å². The fraction of sp³-hybridized carbons (Fsp3) is 0.500. The lowest BCUT2D eigenvalue weighted by Crippen LogP contribution is -2.33. The van der Waals surface area contributed by atoms with E-state index in [0.717, 1.165) is 0 Å². The first-order valence-electron chi connectivity index (χ1n) is 6.43. The Morgan fingerprint density at radius 3 is 2.81 bits per heavy atom. The van der Waals surface area contributed by atoms with Gasteiger partial charge in [0.25, 0.3) is 5.56 Å². The van der Waals surface area contributed by atoms with Gasteiger partial charge in [-0.05, 0) is 12.5 Å². The van der Waals surface area contributed by atoms with Crippen molar-refractivity contribution >= 4 is 17.0 Å². The number of aromatic amines is 1. The fourth-order valence-electron chi connectivity index (χ4n) is 2.66. The summed E-state index contributed by atoms with van der Waals surface area (Å²) in [6.45, 7) is 1.29. The number of nitrogens with two attached hydrogens (primary N) is 1. The molecular formula is C12H16N4O5. The lowest BCUT2D eigenvalue weighted by Gasteiger charge is -2.17. The van der Waals surface area contributed by atoms with Crippen molar-refractivity contribution in [2.75, 3.05) is 12.3 Å². The second-order valence-electron chi connectivity index (χ2n) is 5.10. The number of aliphatic hydroxyl groups is 3. The number of fused-ring (bicyclic) bond motifs is 1. The predicted molar refractivity (Wildman–Crippen MR) is 72.5 cm³/mol. The van der Waals surface area contributed by atoms with Crippen LogP contribution in [0, 0.1) is 6.92 Å². The third kappa shape index (κ3) is 2.02. The standard InChI is InChI=1S/C12H16N4O5/c1-4-2-16(9-6(4)10(20)15-12(13)14-9)11-8(19)7(18)5(3-17)21-11/h2,5,7-8,11,17-19H,3H2,1H3,(H3,13,14,15,20)/t5-,7-,8+,11?/m1/s1. The number of H-pyrrole nitrogens is 1. The summed E-state index contributed by atoms with van der Waals surface area (Å²) < 4.78 is 6.89. The van der Waals surface area contributed by atoms with E-state index in [1.165, 1.54) is 4.57 Å². The highest BCUT2D eigenvalue weighted by atomic mass is 16.6. The molecule has 1 unspecified atom stereocenters. The number of nitrogen functional groups attached to an aromatic ring is 1. The summed E-state index contributed by atoms with van der Waals surface area (Å²) in [5.41, 5.74) is 6.04. The molecule has 1 saturated heterocycles. The zero-order chi connectivity index (χ0) is 15.3. The molecule has 6 N–H and O–H groups in total. The Labute approximate surface area is 118 Å². The first-order chi connectivity index (χ1) is 9.93. The van der Waals surface area contributed by atoms with Crippen molar-refractivity contribution in [3.8, 4) is 0 Å². The number of hydrogen-bond donors (Lipinski definition) is 5. The van der Waals surface area contributed by atoms with Gasteiger partial charge in [-0.25, -0.2) is 0 Å². The van der Waals surface area contributed by atoms with Gasteiger partial charge in [-0.2, -0.15) is 4.98 Å². The molecule has 0 bridgehead atoms. The second-order valence-corrected chi connectivity index (χ2v) is 5.10. The summed E-state index contributed by atoms with van der Waals surface area (Å²) in [4.78, 5) is 18.4. The van der Waals surface area contributed by atoms with Crippen molar-refractivity contribution in [3.63, 3.8) is 0 Å². The van der Waals surface area contributed by atoms with Crippen LogP contribution in [0.4, 0.5) is 5.95 Å². The molecule has 0 amide bonds. The van der Waals surface area contributed by atoms with Gasteiger partial charge < -0.3 is 30.4 Å². The van der Waals surface area contributed by atoms with Gasteiger partial charge in [0, 0.05) is 6.20 Å². The van der Waals surface area contributed by atoms with Crippen molar-refractivity contribution in [1.29, 1.82) is 0 Å². The fourth-order valence-corrected chi connectivity index (χ4v) is 2.66. The molecular weight excluding hydrogens is 280 g/mol. The zero-order valence-electron chi connectivity index (χ0n) is 11.2. The maximum Gasteiger partial charge on any atom is 0.262 e. The van der Waals surface area contributed by atoms with Crippen LogP contribution >= 0.6 is 0 Å². The molecule has 2 aromatic rings. The lowest BCUT2D eigenvalue weighted by molar-refractivity contribution is -0.0508. The molecule has 1 fully saturated rings. The highest BCUT2D eigenvalue weighted by Gasteiger charge is 2.44. The number of aromatic nitrogens is 3. The van der Waals surface area contributed by atoms with Gasteiger partial charge in [0.05, 0.1) is 12.0 Å². The quantitative estimate of drug-likeness (QED) is 0.440. The summed E-state index contributed by atoms with van der Waals surface area (Å²) in [6, 6.07) is 0. The van der Waals surface area contributed by atoms with Gasteiger partial charge in [0.2, 0.25) is 5.95 Å². The zero-order valence-corrected chi connectivity index (χ0v) is 11.2. The molecule has 0 aliphatic carbocycles. The Kier molecular flexibility index (Phi) is 3.21. The number of aryl methyl sites for hydroxylation is 1. The third-order valence-corrected chi connectivity index (χ3v) is 3.68. The highest BCUT2D eigenvalue weighted by Crippen LogP contribution is 2.32. The first-order valence-corrected chi connectivity index (χ1v) is 6.43. The molecule has 1 aliphatic rings. The highest BCUT2D eigenvalue weighted by molar-refractivity contribution is 5.80. The molecule has 9 nitrogen and oxygen atoms in total. The smallest absolute Gasteiger partial charge is 0.262 e. The first kappa shape index (κ1) is 14.0. The van der Waals surface area contributed by atoms with Crippen molar-refractivity contribution < 1.29 is 20.1 Å².